The quantitative estimate of drug-likeness (QED) is 0.736. The molecule has 3 nitrogen and oxygen atoms in total. The van der Waals surface area contributed by atoms with Crippen LogP contribution in [0.5, 0.6) is 0 Å². The number of nitrogens with zero attached hydrogens (tertiary/aromatic N) is 2. The molecule has 0 saturated carbocycles. The van der Waals surface area contributed by atoms with Gasteiger partial charge in [-0.3, -0.25) is 9.78 Å². The molecule has 0 spiro atoms. The molecule has 0 N–H and O–H groups in total. The largest absolute Gasteiger partial charge is 0.287 e. The molecule has 5 heteroatoms. The van der Waals surface area contributed by atoms with Gasteiger partial charge in [-0.1, -0.05) is 11.6 Å². The van der Waals surface area contributed by atoms with E-state index in [1.807, 2.05) is 0 Å². The van der Waals surface area contributed by atoms with E-state index in [0.717, 1.165) is 0 Å². The van der Waals surface area contributed by atoms with Gasteiger partial charge >= 0.3 is 0 Å². The van der Waals surface area contributed by atoms with E-state index in [1.54, 1.807) is 23.7 Å². The van der Waals surface area contributed by atoms with Gasteiger partial charge in [-0.2, -0.15) is 0 Å². The number of aromatic nitrogens is 2. The van der Waals surface area contributed by atoms with Crippen LogP contribution in [0, 0.1) is 0 Å². The van der Waals surface area contributed by atoms with Crippen molar-refractivity contribution < 1.29 is 4.79 Å². The Morgan fingerprint density at radius 3 is 3.00 bits per heavy atom. The monoisotopic (exact) mass is 224 g/mol. The van der Waals surface area contributed by atoms with Gasteiger partial charge in [0.1, 0.15) is 5.69 Å². The predicted molar refractivity (Wildman–Crippen MR) is 54.8 cm³/mol. The number of halogens is 1. The molecule has 14 heavy (non-hydrogen) atoms. The molecule has 70 valence electrons. The topological polar surface area (TPSA) is 42.9 Å². The van der Waals surface area contributed by atoms with Crippen molar-refractivity contribution in [1.29, 1.82) is 0 Å². The van der Waals surface area contributed by atoms with Gasteiger partial charge in [-0.25, -0.2) is 4.37 Å². The van der Waals surface area contributed by atoms with Crippen molar-refractivity contribution in [3.63, 3.8) is 0 Å². The van der Waals surface area contributed by atoms with Crippen LogP contribution in [0.3, 0.4) is 0 Å². The van der Waals surface area contributed by atoms with Gasteiger partial charge in [-0.15, -0.1) is 0 Å². The highest BCUT2D eigenvalue weighted by molar-refractivity contribution is 7.03. The van der Waals surface area contributed by atoms with Crippen LogP contribution in [0.4, 0.5) is 0 Å². The molecule has 2 rings (SSSR count). The lowest BCUT2D eigenvalue weighted by Gasteiger charge is -1.98. The second-order valence-electron chi connectivity index (χ2n) is 2.58. The number of ketones is 1. The summed E-state index contributed by atoms with van der Waals surface area (Å²) < 4.78 is 3.85. The molecule has 0 amide bonds. The summed E-state index contributed by atoms with van der Waals surface area (Å²) in [5, 5.41) is 2.04. The van der Waals surface area contributed by atoms with Crippen molar-refractivity contribution in [2.24, 2.45) is 0 Å². The summed E-state index contributed by atoms with van der Waals surface area (Å²) in [5.74, 6) is -0.190. The van der Waals surface area contributed by atoms with Crippen LogP contribution in [0.25, 0.3) is 0 Å². The lowest BCUT2D eigenvalue weighted by molar-refractivity contribution is 0.103. The first-order valence-corrected chi connectivity index (χ1v) is 5.05. The van der Waals surface area contributed by atoms with Gasteiger partial charge in [0.2, 0.25) is 5.78 Å². The highest BCUT2D eigenvalue weighted by Gasteiger charge is 2.14. The molecular formula is C9H5ClN2OS. The summed E-state index contributed by atoms with van der Waals surface area (Å²) in [6, 6.07) is 3.33. The third-order valence-electron chi connectivity index (χ3n) is 1.67. The summed E-state index contributed by atoms with van der Waals surface area (Å²) in [7, 11) is 0. The molecule has 0 aliphatic heterocycles. The molecule has 0 atom stereocenters. The fraction of sp³-hybridized carbons (Fsp3) is 0. The zero-order chi connectivity index (χ0) is 9.97. The van der Waals surface area contributed by atoms with Crippen LogP contribution in [0.15, 0.2) is 29.9 Å². The van der Waals surface area contributed by atoms with Gasteiger partial charge in [0.15, 0.2) is 0 Å². The molecule has 0 fully saturated rings. The number of hydrogen-bond donors (Lipinski definition) is 0. The molecule has 0 unspecified atom stereocenters. The van der Waals surface area contributed by atoms with Gasteiger partial charge in [0, 0.05) is 11.6 Å². The van der Waals surface area contributed by atoms with E-state index in [4.69, 9.17) is 11.6 Å². The Labute approximate surface area is 89.5 Å². The minimum Gasteiger partial charge on any atom is -0.287 e. The molecule has 2 aromatic heterocycles. The van der Waals surface area contributed by atoms with E-state index >= 15 is 0 Å². The minimum atomic E-state index is -0.190. The molecule has 0 aromatic carbocycles. The van der Waals surface area contributed by atoms with Crippen molar-refractivity contribution in [3.8, 4) is 0 Å². The number of carbonyl (C=O) groups excluding carboxylic acids is 1. The van der Waals surface area contributed by atoms with Crippen LogP contribution >= 0.6 is 23.1 Å². The Balaban J connectivity index is 2.42. The minimum absolute atomic E-state index is 0.190. The summed E-state index contributed by atoms with van der Waals surface area (Å²) in [4.78, 5) is 15.7. The molecule has 0 radical (unpaired) electrons. The Morgan fingerprint density at radius 2 is 2.36 bits per heavy atom. The smallest absolute Gasteiger partial charge is 0.215 e. The summed E-state index contributed by atoms with van der Waals surface area (Å²) in [6.07, 6.45) is 3.05. The lowest BCUT2D eigenvalue weighted by Crippen LogP contribution is -2.03. The van der Waals surface area contributed by atoms with Crippen LogP contribution in [-0.4, -0.2) is 15.1 Å². The summed E-state index contributed by atoms with van der Waals surface area (Å²) in [5.41, 5.74) is 0.796. The van der Waals surface area contributed by atoms with Crippen LogP contribution in [0.2, 0.25) is 5.02 Å². The van der Waals surface area contributed by atoms with Crippen molar-refractivity contribution in [3.05, 3.63) is 46.2 Å². The predicted octanol–water partition coefficient (Wildman–Crippen LogP) is 2.42. The third-order valence-corrected chi connectivity index (χ3v) is 2.56. The van der Waals surface area contributed by atoms with E-state index in [1.165, 1.54) is 17.7 Å². The van der Waals surface area contributed by atoms with Crippen LogP contribution in [0.1, 0.15) is 16.1 Å². The maximum Gasteiger partial charge on any atom is 0.215 e. The molecule has 0 aliphatic carbocycles. The summed E-state index contributed by atoms with van der Waals surface area (Å²) >= 11 is 7.06. The first kappa shape index (κ1) is 9.30. The van der Waals surface area contributed by atoms with Gasteiger partial charge < -0.3 is 0 Å². The summed E-state index contributed by atoms with van der Waals surface area (Å²) in [6.45, 7) is 0. The molecule has 0 saturated heterocycles. The van der Waals surface area contributed by atoms with Crippen molar-refractivity contribution in [2.75, 3.05) is 0 Å². The maximum absolute atomic E-state index is 11.7. The van der Waals surface area contributed by atoms with E-state index < -0.39 is 0 Å². The Hall–Kier alpha value is -1.26. The molecule has 0 aliphatic rings. The lowest BCUT2D eigenvalue weighted by atomic mass is 10.1. The molecular weight excluding hydrogens is 220 g/mol. The van der Waals surface area contributed by atoms with E-state index in [0.29, 0.717) is 10.6 Å². The SMILES string of the molecule is O=C(c1cnsc1)c1ncccc1Cl. The van der Waals surface area contributed by atoms with E-state index in [9.17, 15) is 4.79 Å². The third kappa shape index (κ3) is 1.66. The van der Waals surface area contributed by atoms with E-state index in [-0.39, 0.29) is 11.5 Å². The first-order valence-electron chi connectivity index (χ1n) is 3.83. The normalized spacial score (nSPS) is 10.1. The molecule has 2 heterocycles. The Bertz CT molecular complexity index is 456. The van der Waals surface area contributed by atoms with Gasteiger partial charge in [0.05, 0.1) is 16.8 Å². The zero-order valence-corrected chi connectivity index (χ0v) is 8.55. The second kappa shape index (κ2) is 3.86. The van der Waals surface area contributed by atoms with Crippen molar-refractivity contribution in [2.45, 2.75) is 0 Å². The molecule has 2 aromatic rings. The average Bonchev–Trinajstić information content (AvgIpc) is 2.70. The van der Waals surface area contributed by atoms with Crippen molar-refractivity contribution in [1.82, 2.24) is 9.36 Å². The highest BCUT2D eigenvalue weighted by atomic mass is 35.5. The maximum atomic E-state index is 11.7. The number of pyridine rings is 1. The van der Waals surface area contributed by atoms with Crippen LogP contribution < -0.4 is 0 Å². The zero-order valence-electron chi connectivity index (χ0n) is 6.98. The standard InChI is InChI=1S/C9H5ClN2OS/c10-7-2-1-3-11-8(7)9(13)6-4-12-14-5-6/h1-5H. The number of rotatable bonds is 2. The Morgan fingerprint density at radius 1 is 1.50 bits per heavy atom. The van der Waals surface area contributed by atoms with Crippen LogP contribution in [-0.2, 0) is 0 Å². The van der Waals surface area contributed by atoms with Gasteiger partial charge in [-0.05, 0) is 23.7 Å². The highest BCUT2D eigenvalue weighted by Crippen LogP contribution is 2.16. The van der Waals surface area contributed by atoms with E-state index in [2.05, 4.69) is 9.36 Å². The second-order valence-corrected chi connectivity index (χ2v) is 3.64. The fourth-order valence-corrected chi connectivity index (χ4v) is 1.73. The molecule has 0 bridgehead atoms. The first-order chi connectivity index (χ1) is 6.79. The van der Waals surface area contributed by atoms with Gasteiger partial charge in [0.25, 0.3) is 0 Å². The van der Waals surface area contributed by atoms with Crippen molar-refractivity contribution >= 4 is 28.9 Å². The number of carbonyl (C=O) groups is 1. The number of hydrogen-bond acceptors (Lipinski definition) is 4. The average molecular weight is 225 g/mol. The fourth-order valence-electron chi connectivity index (χ4n) is 1.01. The Kier molecular flexibility index (Phi) is 2.56.